The number of carbonyl (C=O) groups excluding carboxylic acids is 1. The maximum Gasteiger partial charge on any atom is 0.573 e. The molecule has 1 amide bonds. The molecule has 0 saturated heterocycles. The summed E-state index contributed by atoms with van der Waals surface area (Å²) in [5.41, 5.74) is 1.17. The number of hydrogen-bond acceptors (Lipinski definition) is 6. The van der Waals surface area contributed by atoms with Crippen LogP contribution in [-0.4, -0.2) is 48.4 Å². The third-order valence-electron chi connectivity index (χ3n) is 5.18. The van der Waals surface area contributed by atoms with Crippen LogP contribution in [-0.2, 0) is 0 Å². The third kappa shape index (κ3) is 7.53. The molecule has 0 spiro atoms. The summed E-state index contributed by atoms with van der Waals surface area (Å²) in [6.07, 6.45) is 0.0687. The van der Waals surface area contributed by atoms with Crippen molar-refractivity contribution >= 4 is 41.7 Å². The van der Waals surface area contributed by atoms with Crippen LogP contribution in [0.4, 0.5) is 24.9 Å². The standard InChI is InChI=1S/C21H25ClF3N5O2.ClH/c1-12-11-26-20(29-18(12)30(2)3)28-15-7-5-14(6-8-15)27-19(31)13-4-9-17(16(22)10-13)32-21(23,24)25;/h4,9-11,14-15H,5-8H2,1-3H3,(H,27,31)(H,26,28,29);1H/t14-,15+;. The van der Waals surface area contributed by atoms with Crippen molar-refractivity contribution in [1.82, 2.24) is 15.3 Å². The predicted octanol–water partition coefficient (Wildman–Crippen LogP) is 4.98. The fourth-order valence-electron chi connectivity index (χ4n) is 3.64. The fraction of sp³-hybridized carbons (Fsp3) is 0.476. The molecule has 1 aromatic heterocycles. The first-order valence-electron chi connectivity index (χ1n) is 10.2. The summed E-state index contributed by atoms with van der Waals surface area (Å²) in [7, 11) is 3.86. The van der Waals surface area contributed by atoms with Crippen LogP contribution < -0.4 is 20.3 Å². The minimum Gasteiger partial charge on any atom is -0.404 e. The van der Waals surface area contributed by atoms with E-state index in [1.807, 2.05) is 25.9 Å². The van der Waals surface area contributed by atoms with Crippen molar-refractivity contribution in [1.29, 1.82) is 0 Å². The lowest BCUT2D eigenvalue weighted by Gasteiger charge is -2.30. The Morgan fingerprint density at radius 3 is 2.39 bits per heavy atom. The van der Waals surface area contributed by atoms with Crippen molar-refractivity contribution in [3.8, 4) is 5.75 Å². The molecule has 2 aromatic rings. The smallest absolute Gasteiger partial charge is 0.404 e. The van der Waals surface area contributed by atoms with Crippen LogP contribution in [0.3, 0.4) is 0 Å². The zero-order valence-corrected chi connectivity index (χ0v) is 19.9. The van der Waals surface area contributed by atoms with Gasteiger partial charge in [0.1, 0.15) is 11.6 Å². The summed E-state index contributed by atoms with van der Waals surface area (Å²) < 4.78 is 40.9. The first kappa shape index (κ1) is 26.8. The predicted molar refractivity (Wildman–Crippen MR) is 124 cm³/mol. The summed E-state index contributed by atoms with van der Waals surface area (Å²) in [5, 5.41) is 6.00. The molecule has 1 aliphatic carbocycles. The van der Waals surface area contributed by atoms with E-state index in [9.17, 15) is 18.0 Å². The van der Waals surface area contributed by atoms with Gasteiger partial charge >= 0.3 is 6.36 Å². The Balaban J connectivity index is 0.00000385. The average molecular weight is 508 g/mol. The second kappa shape index (κ2) is 11.1. The normalized spacial score (nSPS) is 18.2. The van der Waals surface area contributed by atoms with Crippen LogP contribution in [0.25, 0.3) is 0 Å². The quantitative estimate of drug-likeness (QED) is 0.574. The lowest BCUT2D eigenvalue weighted by molar-refractivity contribution is -0.274. The van der Waals surface area contributed by atoms with Crippen molar-refractivity contribution in [3.63, 3.8) is 0 Å². The molecule has 0 aliphatic heterocycles. The topological polar surface area (TPSA) is 79.4 Å². The van der Waals surface area contributed by atoms with Gasteiger partial charge in [0.05, 0.1) is 5.02 Å². The Hall–Kier alpha value is -2.46. The Morgan fingerprint density at radius 1 is 1.18 bits per heavy atom. The van der Waals surface area contributed by atoms with Crippen molar-refractivity contribution in [2.24, 2.45) is 0 Å². The number of nitrogens with zero attached hydrogens (tertiary/aromatic N) is 3. The molecule has 1 aromatic carbocycles. The maximum atomic E-state index is 12.5. The second-order valence-corrected chi connectivity index (χ2v) is 8.36. The Bertz CT molecular complexity index is 967. The summed E-state index contributed by atoms with van der Waals surface area (Å²) in [6.45, 7) is 1.96. The van der Waals surface area contributed by atoms with E-state index >= 15 is 0 Å². The first-order chi connectivity index (χ1) is 15.0. The molecule has 12 heteroatoms. The van der Waals surface area contributed by atoms with E-state index in [4.69, 9.17) is 11.6 Å². The Kier molecular flexibility index (Phi) is 9.02. The number of amides is 1. The molecule has 1 saturated carbocycles. The van der Waals surface area contributed by atoms with E-state index in [2.05, 4.69) is 25.3 Å². The van der Waals surface area contributed by atoms with Gasteiger partial charge in [0.2, 0.25) is 5.95 Å². The third-order valence-corrected chi connectivity index (χ3v) is 5.48. The number of alkyl halides is 3. The fourth-order valence-corrected chi connectivity index (χ4v) is 3.86. The van der Waals surface area contributed by atoms with Gasteiger partial charge in [0, 0.05) is 43.5 Å². The molecule has 1 aliphatic rings. The molecule has 1 fully saturated rings. The van der Waals surface area contributed by atoms with E-state index in [1.54, 1.807) is 6.20 Å². The van der Waals surface area contributed by atoms with E-state index < -0.39 is 12.1 Å². The monoisotopic (exact) mass is 507 g/mol. The Labute approximate surface area is 201 Å². The van der Waals surface area contributed by atoms with Gasteiger partial charge in [-0.1, -0.05) is 11.6 Å². The van der Waals surface area contributed by atoms with Crippen LogP contribution in [0.15, 0.2) is 24.4 Å². The molecule has 2 N–H and O–H groups in total. The largest absolute Gasteiger partial charge is 0.573 e. The average Bonchev–Trinajstić information content (AvgIpc) is 2.71. The van der Waals surface area contributed by atoms with E-state index in [-0.39, 0.29) is 41.0 Å². The molecular formula is C21H26Cl2F3N5O2. The molecule has 0 radical (unpaired) electrons. The number of aromatic nitrogens is 2. The number of nitrogens with one attached hydrogen (secondary N) is 2. The molecular weight excluding hydrogens is 482 g/mol. The van der Waals surface area contributed by atoms with Crippen molar-refractivity contribution in [2.75, 3.05) is 24.3 Å². The Morgan fingerprint density at radius 2 is 1.82 bits per heavy atom. The molecule has 3 rings (SSSR count). The number of anilines is 2. The van der Waals surface area contributed by atoms with E-state index in [0.29, 0.717) is 5.95 Å². The van der Waals surface area contributed by atoms with Crippen molar-refractivity contribution in [3.05, 3.63) is 40.5 Å². The summed E-state index contributed by atoms with van der Waals surface area (Å²) >= 11 is 5.83. The van der Waals surface area contributed by atoms with E-state index in [0.717, 1.165) is 43.1 Å². The zero-order chi connectivity index (χ0) is 23.5. The molecule has 1 heterocycles. The molecule has 33 heavy (non-hydrogen) atoms. The minimum atomic E-state index is -4.85. The molecule has 182 valence electrons. The van der Waals surface area contributed by atoms with Crippen LogP contribution >= 0.6 is 24.0 Å². The highest BCUT2D eigenvalue weighted by Crippen LogP contribution is 2.31. The van der Waals surface area contributed by atoms with Gasteiger partial charge in [-0.05, 0) is 50.8 Å². The van der Waals surface area contributed by atoms with Crippen LogP contribution in [0, 0.1) is 6.92 Å². The van der Waals surface area contributed by atoms with Crippen LogP contribution in [0.1, 0.15) is 41.6 Å². The highest BCUT2D eigenvalue weighted by Gasteiger charge is 2.32. The summed E-state index contributed by atoms with van der Waals surface area (Å²) in [5.74, 6) is 0.494. The molecule has 0 atom stereocenters. The number of aryl methyl sites for hydroxylation is 1. The number of carbonyl (C=O) groups is 1. The van der Waals surface area contributed by atoms with E-state index in [1.165, 1.54) is 12.1 Å². The van der Waals surface area contributed by atoms with Crippen LogP contribution in [0.2, 0.25) is 5.02 Å². The number of benzene rings is 1. The number of hydrogen-bond donors (Lipinski definition) is 2. The lowest BCUT2D eigenvalue weighted by Crippen LogP contribution is -2.40. The molecule has 7 nitrogen and oxygen atoms in total. The summed E-state index contributed by atoms with van der Waals surface area (Å²) in [4.78, 5) is 23.3. The van der Waals surface area contributed by atoms with Gasteiger partial charge < -0.3 is 20.3 Å². The van der Waals surface area contributed by atoms with Crippen molar-refractivity contribution in [2.45, 2.75) is 51.1 Å². The highest BCUT2D eigenvalue weighted by atomic mass is 35.5. The van der Waals surface area contributed by atoms with Gasteiger partial charge in [-0.2, -0.15) is 4.98 Å². The van der Waals surface area contributed by atoms with Gasteiger partial charge in [-0.3, -0.25) is 4.79 Å². The number of ether oxygens (including phenoxy) is 1. The lowest BCUT2D eigenvalue weighted by atomic mass is 9.91. The van der Waals surface area contributed by atoms with Crippen LogP contribution in [0.5, 0.6) is 5.75 Å². The first-order valence-corrected chi connectivity index (χ1v) is 10.5. The zero-order valence-electron chi connectivity index (χ0n) is 18.4. The van der Waals surface area contributed by atoms with Gasteiger partial charge in [0.15, 0.2) is 0 Å². The SMILES string of the molecule is Cc1cnc(N[C@H]2CC[C@@H](NC(=O)c3ccc(OC(F)(F)F)c(Cl)c3)CC2)nc1N(C)C.Cl. The van der Waals surface area contributed by atoms with Gasteiger partial charge in [0.25, 0.3) is 5.91 Å². The second-order valence-electron chi connectivity index (χ2n) is 7.95. The van der Waals surface area contributed by atoms with Crippen molar-refractivity contribution < 1.29 is 22.7 Å². The highest BCUT2D eigenvalue weighted by molar-refractivity contribution is 6.32. The van der Waals surface area contributed by atoms with Gasteiger partial charge in [-0.15, -0.1) is 25.6 Å². The van der Waals surface area contributed by atoms with Gasteiger partial charge in [-0.25, -0.2) is 4.98 Å². The summed E-state index contributed by atoms with van der Waals surface area (Å²) in [6, 6.07) is 3.61. The number of rotatable bonds is 6. The molecule has 0 bridgehead atoms. The number of halogens is 5. The maximum absolute atomic E-state index is 12.5. The minimum absolute atomic E-state index is 0. The molecule has 0 unspecified atom stereocenters.